The Hall–Kier alpha value is -0.160. The maximum atomic E-state index is 2.59. The third kappa shape index (κ3) is 16.2. The number of hydrogen-bond acceptors (Lipinski definition) is 4. The molecule has 3 aliphatic heterocycles. The van der Waals surface area contributed by atoms with Gasteiger partial charge in [0.25, 0.3) is 0 Å². The van der Waals surface area contributed by atoms with Gasteiger partial charge in [-0.3, -0.25) is 0 Å². The number of likely N-dealkylation sites (tertiary alicyclic amines) is 2. The molecule has 3 fully saturated rings. The van der Waals surface area contributed by atoms with Gasteiger partial charge in [-0.05, 0) is 76.7 Å². The zero-order chi connectivity index (χ0) is 23.1. The smallest absolute Gasteiger partial charge is 0.0110 e. The van der Waals surface area contributed by atoms with Crippen LogP contribution in [0.5, 0.6) is 0 Å². The van der Waals surface area contributed by atoms with Crippen LogP contribution in [0, 0.1) is 17.8 Å². The lowest BCUT2D eigenvalue weighted by atomic mass is 10.1. The van der Waals surface area contributed by atoms with E-state index in [9.17, 15) is 0 Å². The van der Waals surface area contributed by atoms with E-state index in [1.807, 2.05) is 0 Å². The molecular formula is C27H58N4. The molecular weight excluding hydrogens is 380 g/mol. The number of hydrogen-bond donors (Lipinski definition) is 0. The van der Waals surface area contributed by atoms with E-state index < -0.39 is 0 Å². The second kappa shape index (κ2) is 17.3. The SMILES string of the molecule is CC(C)CN1CCCCC1.CC(C)CN1CCCCC1.CC(C)CN1CCN(C)CC1. The Kier molecular flexibility index (Phi) is 16.1. The van der Waals surface area contributed by atoms with E-state index in [1.54, 1.807) is 0 Å². The molecule has 0 amide bonds. The second-order valence-electron chi connectivity index (χ2n) is 11.5. The molecule has 186 valence electrons. The zero-order valence-electron chi connectivity index (χ0n) is 22.5. The van der Waals surface area contributed by atoms with Crippen LogP contribution in [0.3, 0.4) is 0 Å². The predicted molar refractivity (Wildman–Crippen MR) is 139 cm³/mol. The summed E-state index contributed by atoms with van der Waals surface area (Å²) < 4.78 is 0. The van der Waals surface area contributed by atoms with Crippen LogP contribution in [0.15, 0.2) is 0 Å². The van der Waals surface area contributed by atoms with E-state index >= 15 is 0 Å². The summed E-state index contributed by atoms with van der Waals surface area (Å²) in [6, 6.07) is 0. The predicted octanol–water partition coefficient (Wildman–Crippen LogP) is 5.15. The molecule has 3 aliphatic rings. The van der Waals surface area contributed by atoms with E-state index in [0.717, 1.165) is 17.8 Å². The van der Waals surface area contributed by atoms with Crippen molar-refractivity contribution in [1.82, 2.24) is 19.6 Å². The molecule has 0 atom stereocenters. The topological polar surface area (TPSA) is 13.0 Å². The monoisotopic (exact) mass is 438 g/mol. The summed E-state index contributed by atoms with van der Waals surface area (Å²) in [5.41, 5.74) is 0. The number of piperidine rings is 2. The normalized spacial score (nSPS) is 22.3. The molecule has 0 radical (unpaired) electrons. The van der Waals surface area contributed by atoms with Crippen LogP contribution in [0.4, 0.5) is 0 Å². The molecule has 3 heterocycles. The average Bonchev–Trinajstić information content (AvgIpc) is 2.71. The molecule has 0 aromatic rings. The summed E-state index contributed by atoms with van der Waals surface area (Å²) in [6.45, 7) is 28.0. The zero-order valence-corrected chi connectivity index (χ0v) is 22.5. The van der Waals surface area contributed by atoms with Gasteiger partial charge >= 0.3 is 0 Å². The highest BCUT2D eigenvalue weighted by Crippen LogP contribution is 2.11. The fourth-order valence-electron chi connectivity index (χ4n) is 4.86. The van der Waals surface area contributed by atoms with Gasteiger partial charge in [0.1, 0.15) is 0 Å². The van der Waals surface area contributed by atoms with Crippen molar-refractivity contribution in [2.45, 2.75) is 80.1 Å². The van der Waals surface area contributed by atoms with Crippen molar-refractivity contribution in [3.63, 3.8) is 0 Å². The van der Waals surface area contributed by atoms with Crippen molar-refractivity contribution in [2.24, 2.45) is 17.8 Å². The summed E-state index contributed by atoms with van der Waals surface area (Å²) in [7, 11) is 2.20. The van der Waals surface area contributed by atoms with E-state index in [-0.39, 0.29) is 0 Å². The molecule has 4 heteroatoms. The van der Waals surface area contributed by atoms with Gasteiger partial charge in [-0.1, -0.05) is 54.4 Å². The van der Waals surface area contributed by atoms with Gasteiger partial charge < -0.3 is 19.6 Å². The lowest BCUT2D eigenvalue weighted by Crippen LogP contribution is -2.45. The first-order chi connectivity index (χ1) is 14.8. The van der Waals surface area contributed by atoms with Crippen LogP contribution in [-0.4, -0.2) is 98.6 Å². The Bertz CT molecular complexity index is 366. The van der Waals surface area contributed by atoms with Crippen molar-refractivity contribution in [3.8, 4) is 0 Å². The largest absolute Gasteiger partial charge is 0.304 e. The first kappa shape index (κ1) is 28.9. The van der Waals surface area contributed by atoms with Crippen molar-refractivity contribution < 1.29 is 0 Å². The molecule has 0 aromatic heterocycles. The highest BCUT2D eigenvalue weighted by atomic mass is 15.2. The Morgan fingerprint density at radius 1 is 0.419 bits per heavy atom. The summed E-state index contributed by atoms with van der Waals surface area (Å²) in [5.74, 6) is 2.51. The van der Waals surface area contributed by atoms with Gasteiger partial charge in [0.15, 0.2) is 0 Å². The average molecular weight is 439 g/mol. The highest BCUT2D eigenvalue weighted by molar-refractivity contribution is 4.70. The van der Waals surface area contributed by atoms with Crippen LogP contribution in [0.25, 0.3) is 0 Å². The third-order valence-corrected chi connectivity index (χ3v) is 6.36. The summed E-state index contributed by atoms with van der Waals surface area (Å²) in [4.78, 5) is 10.1. The molecule has 3 saturated heterocycles. The summed E-state index contributed by atoms with van der Waals surface area (Å²) in [5, 5.41) is 0. The van der Waals surface area contributed by atoms with Crippen LogP contribution >= 0.6 is 0 Å². The minimum Gasteiger partial charge on any atom is -0.304 e. The van der Waals surface area contributed by atoms with Crippen LogP contribution in [-0.2, 0) is 0 Å². The molecule has 3 rings (SSSR count). The van der Waals surface area contributed by atoms with Crippen LogP contribution in [0.1, 0.15) is 80.1 Å². The van der Waals surface area contributed by atoms with Gasteiger partial charge in [0, 0.05) is 45.8 Å². The fourth-order valence-corrected chi connectivity index (χ4v) is 4.86. The molecule has 0 N–H and O–H groups in total. The standard InChI is InChI=1S/C9H20N2.2C9H19N/c1-9(2)8-11-6-4-10(3)5-7-11;2*1-9(2)8-10-6-4-3-5-7-10/h9H,4-8H2,1-3H3;2*9H,3-8H2,1-2H3. The number of rotatable bonds is 6. The van der Waals surface area contributed by atoms with Crippen LogP contribution < -0.4 is 0 Å². The van der Waals surface area contributed by atoms with Gasteiger partial charge in [0.05, 0.1) is 0 Å². The van der Waals surface area contributed by atoms with Gasteiger partial charge in [0.2, 0.25) is 0 Å². The highest BCUT2D eigenvalue weighted by Gasteiger charge is 2.14. The number of piperazine rings is 1. The van der Waals surface area contributed by atoms with E-state index in [1.165, 1.54) is 111 Å². The van der Waals surface area contributed by atoms with E-state index in [2.05, 4.69) is 68.2 Å². The Morgan fingerprint density at radius 3 is 1.00 bits per heavy atom. The molecule has 0 aliphatic carbocycles. The van der Waals surface area contributed by atoms with Gasteiger partial charge in [-0.25, -0.2) is 0 Å². The molecule has 31 heavy (non-hydrogen) atoms. The minimum absolute atomic E-state index is 0.818. The molecule has 0 aromatic carbocycles. The Labute approximate surface area is 196 Å². The molecule has 0 spiro atoms. The van der Waals surface area contributed by atoms with Crippen molar-refractivity contribution in [1.29, 1.82) is 0 Å². The molecule has 0 unspecified atom stereocenters. The first-order valence-electron chi connectivity index (χ1n) is 13.6. The lowest BCUT2D eigenvalue weighted by molar-refractivity contribution is 0.141. The van der Waals surface area contributed by atoms with E-state index in [4.69, 9.17) is 0 Å². The lowest BCUT2D eigenvalue weighted by Gasteiger charge is -2.33. The molecule has 0 bridgehead atoms. The van der Waals surface area contributed by atoms with Crippen molar-refractivity contribution in [3.05, 3.63) is 0 Å². The third-order valence-electron chi connectivity index (χ3n) is 6.36. The quantitative estimate of drug-likeness (QED) is 0.569. The van der Waals surface area contributed by atoms with Gasteiger partial charge in [-0.2, -0.15) is 0 Å². The maximum absolute atomic E-state index is 2.59. The summed E-state index contributed by atoms with van der Waals surface area (Å²) >= 11 is 0. The molecule has 4 nitrogen and oxygen atoms in total. The fraction of sp³-hybridized carbons (Fsp3) is 1.00. The first-order valence-corrected chi connectivity index (χ1v) is 13.6. The van der Waals surface area contributed by atoms with Crippen molar-refractivity contribution >= 4 is 0 Å². The van der Waals surface area contributed by atoms with Crippen LogP contribution in [0.2, 0.25) is 0 Å². The Balaban J connectivity index is 0.000000233. The maximum Gasteiger partial charge on any atom is 0.0110 e. The second-order valence-corrected chi connectivity index (χ2v) is 11.5. The van der Waals surface area contributed by atoms with E-state index in [0.29, 0.717) is 0 Å². The minimum atomic E-state index is 0.818. The molecule has 0 saturated carbocycles. The Morgan fingerprint density at radius 2 is 0.710 bits per heavy atom. The number of nitrogens with zero attached hydrogens (tertiary/aromatic N) is 4. The number of likely N-dealkylation sites (N-methyl/N-ethyl adjacent to an activating group) is 1. The van der Waals surface area contributed by atoms with Crippen molar-refractivity contribution in [2.75, 3.05) is 79.0 Å². The van der Waals surface area contributed by atoms with Gasteiger partial charge in [-0.15, -0.1) is 0 Å². The summed E-state index contributed by atoms with van der Waals surface area (Å²) in [6.07, 6.45) is 8.60.